The summed E-state index contributed by atoms with van der Waals surface area (Å²) in [5, 5.41) is 5.91. The number of benzene rings is 2. The minimum atomic E-state index is -0.335. The van der Waals surface area contributed by atoms with Crippen LogP contribution in [0.5, 0.6) is 5.75 Å². The summed E-state index contributed by atoms with van der Waals surface area (Å²) < 4.78 is 6.25. The molecule has 7 heteroatoms. The molecule has 3 rings (SSSR count). The van der Waals surface area contributed by atoms with Crippen molar-refractivity contribution in [2.75, 3.05) is 18.0 Å². The lowest BCUT2D eigenvalue weighted by Crippen LogP contribution is -2.23. The lowest BCUT2D eigenvalue weighted by molar-refractivity contribution is -0.104. The number of ether oxygens (including phenoxy) is 1. The Hall–Kier alpha value is -3.87. The quantitative estimate of drug-likeness (QED) is 0.254. The Labute approximate surface area is 193 Å². The molecule has 0 saturated heterocycles. The highest BCUT2D eigenvalue weighted by Crippen LogP contribution is 2.47. The largest absolute Gasteiger partial charge is 0.456 e. The van der Waals surface area contributed by atoms with Gasteiger partial charge in [-0.3, -0.25) is 4.79 Å². The Bertz CT molecular complexity index is 1130. The first-order valence-corrected chi connectivity index (χ1v) is 10.9. The van der Waals surface area contributed by atoms with Gasteiger partial charge in [-0.15, -0.1) is 4.91 Å². The molecule has 1 aliphatic heterocycles. The maximum Gasteiger partial charge on any atom is 0.155 e. The van der Waals surface area contributed by atoms with Crippen LogP contribution in [0.4, 0.5) is 5.69 Å². The van der Waals surface area contributed by atoms with Gasteiger partial charge in [0, 0.05) is 41.9 Å². The van der Waals surface area contributed by atoms with Crippen LogP contribution in [0, 0.1) is 9.81 Å². The van der Waals surface area contributed by atoms with Crippen LogP contribution in [-0.2, 0) is 11.3 Å². The maximum atomic E-state index is 11.9. The predicted molar refractivity (Wildman–Crippen MR) is 130 cm³/mol. The molecule has 2 aromatic rings. The van der Waals surface area contributed by atoms with Gasteiger partial charge in [0.1, 0.15) is 18.1 Å². The van der Waals surface area contributed by atoms with E-state index in [2.05, 4.69) is 29.1 Å². The Balaban J connectivity index is 2.34. The van der Waals surface area contributed by atoms with Crippen molar-refractivity contribution in [3.8, 4) is 5.75 Å². The fraction of sp³-hybridized carbons (Fsp3) is 0.269. The number of aldehydes is 1. The van der Waals surface area contributed by atoms with Gasteiger partial charge in [-0.05, 0) is 43.1 Å². The van der Waals surface area contributed by atoms with Crippen molar-refractivity contribution in [2.45, 2.75) is 33.2 Å². The fourth-order valence-electron chi connectivity index (χ4n) is 4.24. The Kier molecular flexibility index (Phi) is 8.02. The molecule has 0 spiro atoms. The standard InChI is InChI=1S/C26H27N3O4/c1-4-9-23-25(21-11-8-7-10-18(21)15-27-31)22-13-12-20(29(5-2)6-3)14-24(22)33-26(23)19(17-30)16-28-32/h4,7-14,16-17,25H,5-6,15H2,1-3H3/b9-4-,19-16+. The zero-order valence-corrected chi connectivity index (χ0v) is 19.0. The molecular formula is C26H27N3O4. The number of rotatable bonds is 10. The van der Waals surface area contributed by atoms with E-state index >= 15 is 0 Å². The summed E-state index contributed by atoms with van der Waals surface area (Å²) in [6.07, 6.45) is 5.23. The first-order valence-electron chi connectivity index (χ1n) is 10.9. The van der Waals surface area contributed by atoms with E-state index in [0.717, 1.165) is 41.7 Å². The normalized spacial score (nSPS) is 15.7. The van der Waals surface area contributed by atoms with E-state index in [0.29, 0.717) is 17.6 Å². The number of allylic oxidation sites excluding steroid dienone is 4. The molecule has 7 nitrogen and oxygen atoms in total. The van der Waals surface area contributed by atoms with Crippen molar-refractivity contribution < 1.29 is 9.53 Å². The number of hydrogen-bond acceptors (Lipinski definition) is 7. The molecule has 1 atom stereocenters. The predicted octanol–water partition coefficient (Wildman–Crippen LogP) is 6.00. The Morgan fingerprint density at radius 1 is 1.09 bits per heavy atom. The van der Waals surface area contributed by atoms with Gasteiger partial charge in [-0.1, -0.05) is 47.7 Å². The maximum absolute atomic E-state index is 11.9. The molecule has 1 heterocycles. The Morgan fingerprint density at radius 2 is 1.85 bits per heavy atom. The first-order chi connectivity index (χ1) is 16.1. The van der Waals surface area contributed by atoms with Gasteiger partial charge in [0.05, 0.1) is 11.8 Å². The third-order valence-corrected chi connectivity index (χ3v) is 5.75. The summed E-state index contributed by atoms with van der Waals surface area (Å²) in [4.78, 5) is 36.2. The van der Waals surface area contributed by atoms with Crippen molar-refractivity contribution in [3.05, 3.63) is 104 Å². The van der Waals surface area contributed by atoms with Crippen molar-refractivity contribution in [3.63, 3.8) is 0 Å². The summed E-state index contributed by atoms with van der Waals surface area (Å²) in [5.41, 5.74) is 4.29. The van der Waals surface area contributed by atoms with Gasteiger partial charge in [-0.25, -0.2) is 0 Å². The van der Waals surface area contributed by atoms with Crippen molar-refractivity contribution >= 4 is 12.0 Å². The van der Waals surface area contributed by atoms with E-state index in [9.17, 15) is 14.6 Å². The molecular weight excluding hydrogens is 418 g/mol. The van der Waals surface area contributed by atoms with Gasteiger partial charge in [0.25, 0.3) is 0 Å². The highest BCUT2D eigenvalue weighted by molar-refractivity contribution is 5.81. The fourth-order valence-corrected chi connectivity index (χ4v) is 4.24. The number of carbonyl (C=O) groups is 1. The van der Waals surface area contributed by atoms with Gasteiger partial charge < -0.3 is 9.64 Å². The molecule has 0 aromatic heterocycles. The van der Waals surface area contributed by atoms with E-state index in [1.54, 1.807) is 0 Å². The molecule has 0 saturated carbocycles. The average Bonchev–Trinajstić information content (AvgIpc) is 2.84. The zero-order chi connectivity index (χ0) is 23.8. The summed E-state index contributed by atoms with van der Waals surface area (Å²) >= 11 is 0. The highest BCUT2D eigenvalue weighted by atomic mass is 16.5. The topological polar surface area (TPSA) is 88.4 Å². The number of fused-ring (bicyclic) bond motifs is 1. The second-order valence-electron chi connectivity index (χ2n) is 7.51. The van der Waals surface area contributed by atoms with Crippen molar-refractivity contribution in [1.82, 2.24) is 0 Å². The van der Waals surface area contributed by atoms with E-state index in [1.165, 1.54) is 0 Å². The smallest absolute Gasteiger partial charge is 0.155 e. The molecule has 1 aliphatic rings. The summed E-state index contributed by atoms with van der Waals surface area (Å²) in [5.74, 6) is 0.518. The molecule has 33 heavy (non-hydrogen) atoms. The lowest BCUT2D eigenvalue weighted by Gasteiger charge is -2.32. The third-order valence-electron chi connectivity index (χ3n) is 5.75. The molecule has 2 aromatic carbocycles. The lowest BCUT2D eigenvalue weighted by atomic mass is 9.79. The number of hydrogen-bond donors (Lipinski definition) is 0. The van der Waals surface area contributed by atoms with Gasteiger partial charge in [-0.2, -0.15) is 4.91 Å². The van der Waals surface area contributed by atoms with Crippen LogP contribution in [0.25, 0.3) is 0 Å². The van der Waals surface area contributed by atoms with Gasteiger partial charge in [0.2, 0.25) is 0 Å². The first kappa shape index (κ1) is 23.8. The van der Waals surface area contributed by atoms with Crippen molar-refractivity contribution in [2.24, 2.45) is 10.4 Å². The van der Waals surface area contributed by atoms with E-state index in [1.807, 2.05) is 61.5 Å². The van der Waals surface area contributed by atoms with Crippen LogP contribution >= 0.6 is 0 Å². The number of nitroso groups, excluding NO2 is 2. The Morgan fingerprint density at radius 3 is 2.48 bits per heavy atom. The summed E-state index contributed by atoms with van der Waals surface area (Å²) in [6.45, 7) is 7.69. The van der Waals surface area contributed by atoms with Crippen LogP contribution in [0.3, 0.4) is 0 Å². The molecule has 0 N–H and O–H groups in total. The van der Waals surface area contributed by atoms with E-state index in [4.69, 9.17) is 4.74 Å². The van der Waals surface area contributed by atoms with Gasteiger partial charge >= 0.3 is 0 Å². The van der Waals surface area contributed by atoms with Crippen LogP contribution < -0.4 is 9.64 Å². The summed E-state index contributed by atoms with van der Waals surface area (Å²) in [7, 11) is 0. The third kappa shape index (κ3) is 4.82. The van der Waals surface area contributed by atoms with Crippen LogP contribution in [-0.4, -0.2) is 19.4 Å². The molecule has 0 fully saturated rings. The summed E-state index contributed by atoms with van der Waals surface area (Å²) in [6, 6.07) is 13.6. The van der Waals surface area contributed by atoms with E-state index in [-0.39, 0.29) is 23.8 Å². The number of anilines is 1. The second-order valence-corrected chi connectivity index (χ2v) is 7.51. The highest BCUT2D eigenvalue weighted by Gasteiger charge is 2.33. The minimum Gasteiger partial charge on any atom is -0.456 e. The number of carbonyl (C=O) groups excluding carboxylic acids is 1. The van der Waals surface area contributed by atoms with Gasteiger partial charge in [0.15, 0.2) is 6.29 Å². The van der Waals surface area contributed by atoms with Crippen LogP contribution in [0.15, 0.2) is 88.1 Å². The molecule has 0 aliphatic carbocycles. The average molecular weight is 446 g/mol. The van der Waals surface area contributed by atoms with E-state index < -0.39 is 0 Å². The molecule has 170 valence electrons. The van der Waals surface area contributed by atoms with Crippen LogP contribution in [0.2, 0.25) is 0 Å². The molecule has 0 radical (unpaired) electrons. The van der Waals surface area contributed by atoms with Crippen molar-refractivity contribution in [1.29, 1.82) is 0 Å². The molecule has 0 amide bonds. The minimum absolute atomic E-state index is 0.0190. The zero-order valence-electron chi connectivity index (χ0n) is 19.0. The van der Waals surface area contributed by atoms with Crippen LogP contribution in [0.1, 0.15) is 43.4 Å². The SMILES string of the molecule is C/C=C\C1=C(C(/C=O)=C/N=O)Oc2cc(N(CC)CC)ccc2C1c1ccccc1CN=O. The second kappa shape index (κ2) is 11.1. The molecule has 1 unspecified atom stereocenters. The number of nitrogens with zero attached hydrogens (tertiary/aromatic N) is 3. The molecule has 0 bridgehead atoms. The monoisotopic (exact) mass is 445 g/mol.